The summed E-state index contributed by atoms with van der Waals surface area (Å²) in [5.41, 5.74) is 1.06. The third-order valence-corrected chi connectivity index (χ3v) is 3.69. The Kier molecular flexibility index (Phi) is 7.56. The summed E-state index contributed by atoms with van der Waals surface area (Å²) in [6.45, 7) is 2.51. The van der Waals surface area contributed by atoms with Crippen molar-refractivity contribution in [1.29, 1.82) is 0 Å². The van der Waals surface area contributed by atoms with E-state index in [0.717, 1.165) is 12.1 Å². The van der Waals surface area contributed by atoms with Crippen LogP contribution < -0.4 is 5.32 Å². The number of hydrogen-bond acceptors (Lipinski definition) is 4. The van der Waals surface area contributed by atoms with Crippen LogP contribution in [0.2, 0.25) is 10.0 Å². The van der Waals surface area contributed by atoms with Crippen LogP contribution in [0.25, 0.3) is 0 Å². The van der Waals surface area contributed by atoms with Crippen LogP contribution in [0, 0.1) is 0 Å². The number of alkyl carbamates (subject to hydrolysis) is 1. The zero-order valence-corrected chi connectivity index (χ0v) is 13.8. The van der Waals surface area contributed by atoms with Crippen molar-refractivity contribution in [2.75, 3.05) is 26.7 Å². The number of ether oxygens (including phenoxy) is 2. The third kappa shape index (κ3) is 5.52. The Morgan fingerprint density at radius 3 is 2.90 bits per heavy atom. The van der Waals surface area contributed by atoms with Crippen LogP contribution in [0.4, 0.5) is 4.79 Å². The molecule has 1 unspecified atom stereocenters. The maximum absolute atomic E-state index is 11.2. The third-order valence-electron chi connectivity index (χ3n) is 2.95. The Bertz CT molecular complexity index is 488. The largest absolute Gasteiger partial charge is 0.418 e. The molecule has 1 aromatic carbocycles. The average molecular weight is 356 g/mol. The van der Waals surface area contributed by atoms with Gasteiger partial charge in [-0.1, -0.05) is 29.3 Å². The summed E-state index contributed by atoms with van der Waals surface area (Å²) in [4.78, 5) is 13.3. The van der Waals surface area contributed by atoms with Crippen molar-refractivity contribution in [1.82, 2.24) is 10.2 Å². The van der Waals surface area contributed by atoms with Gasteiger partial charge in [0.05, 0.1) is 23.2 Å². The molecule has 0 radical (unpaired) electrons. The highest BCUT2D eigenvalue weighted by Crippen LogP contribution is 2.23. The number of carbonyl (C=O) groups excluding carboxylic acids is 1. The van der Waals surface area contributed by atoms with E-state index in [4.69, 9.17) is 32.7 Å². The van der Waals surface area contributed by atoms with Crippen molar-refractivity contribution in [3.05, 3.63) is 33.8 Å². The molecule has 0 aromatic heterocycles. The normalized spacial score (nSPS) is 18.7. The monoisotopic (exact) mass is 354 g/mol. The van der Waals surface area contributed by atoms with Gasteiger partial charge in [0.2, 0.25) is 6.29 Å². The lowest BCUT2D eigenvalue weighted by Gasteiger charge is -2.32. The molecular formula is C13H17Cl3N2O3. The molecule has 118 valence electrons. The predicted molar refractivity (Wildman–Crippen MR) is 84.3 cm³/mol. The van der Waals surface area contributed by atoms with E-state index in [9.17, 15) is 4.79 Å². The van der Waals surface area contributed by atoms with Crippen LogP contribution in [0.15, 0.2) is 18.2 Å². The van der Waals surface area contributed by atoms with Gasteiger partial charge in [-0.05, 0) is 17.7 Å². The number of carbonyl (C=O) groups is 1. The molecule has 8 heteroatoms. The first kappa shape index (κ1) is 18.3. The summed E-state index contributed by atoms with van der Waals surface area (Å²) < 4.78 is 10.5. The zero-order chi connectivity index (χ0) is 14.5. The van der Waals surface area contributed by atoms with E-state index >= 15 is 0 Å². The second kappa shape index (κ2) is 8.66. The summed E-state index contributed by atoms with van der Waals surface area (Å²) in [5.74, 6) is 0. The summed E-state index contributed by atoms with van der Waals surface area (Å²) in [6.07, 6.45) is -1.04. The van der Waals surface area contributed by atoms with Crippen LogP contribution in [-0.4, -0.2) is 44.0 Å². The number of morpholine rings is 1. The lowest BCUT2D eigenvalue weighted by Crippen LogP contribution is -2.44. The SMILES string of the molecule is CNC(=O)OC1CN(Cc2ccc(Cl)c(Cl)c2)CCO1.Cl. The second-order valence-electron chi connectivity index (χ2n) is 4.44. The number of hydrogen-bond donors (Lipinski definition) is 1. The van der Waals surface area contributed by atoms with Crippen LogP contribution in [0.5, 0.6) is 0 Å². The molecule has 1 fully saturated rings. The van der Waals surface area contributed by atoms with E-state index in [1.165, 1.54) is 7.05 Å². The minimum absolute atomic E-state index is 0. The lowest BCUT2D eigenvalue weighted by molar-refractivity contribution is -0.148. The van der Waals surface area contributed by atoms with Gasteiger partial charge >= 0.3 is 6.09 Å². The second-order valence-corrected chi connectivity index (χ2v) is 5.25. The number of nitrogens with zero attached hydrogens (tertiary/aromatic N) is 1. The molecule has 1 amide bonds. The van der Waals surface area contributed by atoms with Crippen molar-refractivity contribution >= 4 is 41.7 Å². The Hall–Kier alpha value is -0.720. The standard InChI is InChI=1S/C13H16Cl2N2O3.ClH/c1-16-13(18)20-12-8-17(4-5-19-12)7-9-2-3-10(14)11(15)6-9;/h2-3,6,12H,4-5,7-8H2,1H3,(H,16,18);1H. The van der Waals surface area contributed by atoms with Gasteiger partial charge in [0.1, 0.15) is 0 Å². The Balaban J connectivity index is 0.00000220. The molecule has 0 saturated carbocycles. The van der Waals surface area contributed by atoms with Gasteiger partial charge in [-0.25, -0.2) is 4.79 Å². The Morgan fingerprint density at radius 1 is 1.48 bits per heavy atom. The van der Waals surface area contributed by atoms with Crippen LogP contribution in [0.1, 0.15) is 5.56 Å². The molecule has 0 bridgehead atoms. The summed E-state index contributed by atoms with van der Waals surface area (Å²) >= 11 is 11.9. The highest BCUT2D eigenvalue weighted by Gasteiger charge is 2.23. The van der Waals surface area contributed by atoms with Crippen molar-refractivity contribution < 1.29 is 14.3 Å². The molecular weight excluding hydrogens is 339 g/mol. The number of amides is 1. The summed E-state index contributed by atoms with van der Waals surface area (Å²) in [5, 5.41) is 3.48. The minimum Gasteiger partial charge on any atom is -0.418 e. The summed E-state index contributed by atoms with van der Waals surface area (Å²) in [7, 11) is 1.51. The fraction of sp³-hybridized carbons (Fsp3) is 0.462. The summed E-state index contributed by atoms with van der Waals surface area (Å²) in [6, 6.07) is 5.55. The molecule has 1 aliphatic rings. The molecule has 1 aromatic rings. The van der Waals surface area contributed by atoms with Crippen molar-refractivity contribution in [2.24, 2.45) is 0 Å². The van der Waals surface area contributed by atoms with Gasteiger partial charge in [-0.3, -0.25) is 4.90 Å². The molecule has 0 spiro atoms. The maximum Gasteiger partial charge on any atom is 0.409 e. The molecule has 1 aliphatic heterocycles. The number of halogens is 3. The highest BCUT2D eigenvalue weighted by atomic mass is 35.5. The van der Waals surface area contributed by atoms with Gasteiger partial charge in [0.25, 0.3) is 0 Å². The zero-order valence-electron chi connectivity index (χ0n) is 11.5. The van der Waals surface area contributed by atoms with Crippen LogP contribution in [-0.2, 0) is 16.0 Å². The van der Waals surface area contributed by atoms with E-state index in [2.05, 4.69) is 10.2 Å². The molecule has 1 N–H and O–H groups in total. The fourth-order valence-electron chi connectivity index (χ4n) is 1.96. The van der Waals surface area contributed by atoms with Crippen molar-refractivity contribution in [3.8, 4) is 0 Å². The fourth-order valence-corrected chi connectivity index (χ4v) is 2.28. The molecule has 5 nitrogen and oxygen atoms in total. The highest BCUT2D eigenvalue weighted by molar-refractivity contribution is 6.42. The van der Waals surface area contributed by atoms with Gasteiger partial charge < -0.3 is 14.8 Å². The van der Waals surface area contributed by atoms with Gasteiger partial charge in [-0.2, -0.15) is 0 Å². The molecule has 1 atom stereocenters. The number of benzene rings is 1. The van der Waals surface area contributed by atoms with Crippen molar-refractivity contribution in [3.63, 3.8) is 0 Å². The Morgan fingerprint density at radius 2 is 2.24 bits per heavy atom. The molecule has 0 aliphatic carbocycles. The van der Waals surface area contributed by atoms with Crippen LogP contribution in [0.3, 0.4) is 0 Å². The molecule has 1 heterocycles. The van der Waals surface area contributed by atoms with Crippen LogP contribution >= 0.6 is 35.6 Å². The van der Waals surface area contributed by atoms with E-state index in [1.807, 2.05) is 12.1 Å². The smallest absolute Gasteiger partial charge is 0.409 e. The molecule has 2 rings (SSSR count). The van der Waals surface area contributed by atoms with Crippen molar-refractivity contribution in [2.45, 2.75) is 12.8 Å². The maximum atomic E-state index is 11.2. The van der Waals surface area contributed by atoms with E-state index in [0.29, 0.717) is 29.7 Å². The Labute approximate surface area is 139 Å². The quantitative estimate of drug-likeness (QED) is 0.906. The molecule has 1 saturated heterocycles. The van der Waals surface area contributed by atoms with E-state index in [1.54, 1.807) is 6.07 Å². The molecule has 21 heavy (non-hydrogen) atoms. The number of nitrogens with one attached hydrogen (secondary N) is 1. The average Bonchev–Trinajstić information content (AvgIpc) is 2.43. The van der Waals surface area contributed by atoms with E-state index in [-0.39, 0.29) is 12.4 Å². The van der Waals surface area contributed by atoms with E-state index < -0.39 is 12.4 Å². The van der Waals surface area contributed by atoms with Gasteiger partial charge in [0.15, 0.2) is 0 Å². The first-order valence-electron chi connectivity index (χ1n) is 6.24. The topological polar surface area (TPSA) is 50.8 Å². The minimum atomic E-state index is -0.550. The first-order valence-corrected chi connectivity index (χ1v) is 7.00. The first-order chi connectivity index (χ1) is 9.58. The lowest BCUT2D eigenvalue weighted by atomic mass is 10.2. The van der Waals surface area contributed by atoms with Gasteiger partial charge in [0, 0.05) is 20.1 Å². The number of rotatable bonds is 3. The predicted octanol–water partition coefficient (Wildman–Crippen LogP) is 2.93. The van der Waals surface area contributed by atoms with Gasteiger partial charge in [-0.15, -0.1) is 12.4 Å².